The smallest absolute Gasteiger partial charge is 0.303 e. The van der Waals surface area contributed by atoms with Crippen molar-refractivity contribution in [3.63, 3.8) is 0 Å². The van der Waals surface area contributed by atoms with Crippen LogP contribution in [0.3, 0.4) is 0 Å². The van der Waals surface area contributed by atoms with Crippen LogP contribution in [0.15, 0.2) is 12.2 Å². The van der Waals surface area contributed by atoms with E-state index in [1.807, 2.05) is 0 Å². The van der Waals surface area contributed by atoms with Crippen LogP contribution in [0.2, 0.25) is 0 Å². The molecule has 3 fully saturated rings. The highest BCUT2D eigenvalue weighted by Crippen LogP contribution is 2.63. The lowest BCUT2D eigenvalue weighted by Crippen LogP contribution is -2.56. The molecule has 4 atom stereocenters. The quantitative estimate of drug-likeness (QED) is 0.568. The summed E-state index contributed by atoms with van der Waals surface area (Å²) in [4.78, 5) is 22.4. The van der Waals surface area contributed by atoms with Crippen LogP contribution in [0.25, 0.3) is 0 Å². The summed E-state index contributed by atoms with van der Waals surface area (Å²) in [6.45, 7) is 6.45. The van der Waals surface area contributed by atoms with Crippen molar-refractivity contribution in [1.29, 1.82) is 0 Å². The number of fused-ring (bicyclic) bond motifs is 2. The molecule has 118 valence electrons. The lowest BCUT2D eigenvalue weighted by atomic mass is 9.42. The SMILES string of the molecule is CC(=O)[C@@H]1CC2CC([C@H]1C/C=C\CCCC(=O)O)C2(C)C. The number of rotatable bonds is 7. The third-order valence-corrected chi connectivity index (χ3v) is 5.98. The minimum absolute atomic E-state index is 0.237. The number of ketones is 1. The summed E-state index contributed by atoms with van der Waals surface area (Å²) in [6.07, 6.45) is 9.35. The second-order valence-electron chi connectivity index (χ2n) is 7.47. The second-order valence-corrected chi connectivity index (χ2v) is 7.47. The molecule has 3 saturated carbocycles. The number of carbonyl (C=O) groups excluding carboxylic acids is 1. The van der Waals surface area contributed by atoms with Crippen molar-refractivity contribution in [3.05, 3.63) is 12.2 Å². The van der Waals surface area contributed by atoms with Gasteiger partial charge in [0.15, 0.2) is 0 Å². The first-order valence-electron chi connectivity index (χ1n) is 8.21. The Morgan fingerprint density at radius 2 is 1.95 bits per heavy atom. The fourth-order valence-corrected chi connectivity index (χ4v) is 4.48. The Labute approximate surface area is 127 Å². The van der Waals surface area contributed by atoms with E-state index >= 15 is 0 Å². The van der Waals surface area contributed by atoms with E-state index in [2.05, 4.69) is 26.0 Å². The normalized spacial score (nSPS) is 33.7. The Bertz CT molecular complexity index is 436. The largest absolute Gasteiger partial charge is 0.481 e. The molecule has 3 heteroatoms. The zero-order chi connectivity index (χ0) is 15.6. The topological polar surface area (TPSA) is 54.4 Å². The number of hydrogen-bond donors (Lipinski definition) is 1. The monoisotopic (exact) mass is 292 g/mol. The van der Waals surface area contributed by atoms with Gasteiger partial charge in [-0.2, -0.15) is 0 Å². The molecule has 0 aromatic rings. The third-order valence-electron chi connectivity index (χ3n) is 5.98. The number of aliphatic carboxylic acids is 1. The Kier molecular flexibility index (Phi) is 4.90. The van der Waals surface area contributed by atoms with Gasteiger partial charge in [0.05, 0.1) is 0 Å². The molecule has 3 rings (SSSR count). The maximum atomic E-state index is 11.9. The first-order valence-corrected chi connectivity index (χ1v) is 8.21. The van der Waals surface area contributed by atoms with Crippen LogP contribution in [0.5, 0.6) is 0 Å². The van der Waals surface area contributed by atoms with Crippen LogP contribution in [-0.4, -0.2) is 16.9 Å². The standard InChI is InChI=1S/C18H28O3/c1-12(19)15-10-13-11-16(18(13,2)3)14(15)8-6-4-5-7-9-17(20)21/h4,6,13-16H,5,7-11H2,1-3H3,(H,20,21)/b6-4-/t13?,14-,15-,16?/m0/s1. The highest BCUT2D eigenvalue weighted by atomic mass is 16.4. The average Bonchev–Trinajstić information content (AvgIpc) is 2.41. The average molecular weight is 292 g/mol. The Balaban J connectivity index is 1.88. The molecule has 2 bridgehead atoms. The summed E-state index contributed by atoms with van der Waals surface area (Å²) in [5, 5.41) is 8.61. The number of unbranched alkanes of at least 4 members (excludes halogenated alkanes) is 1. The molecule has 0 heterocycles. The van der Waals surface area contributed by atoms with Crippen molar-refractivity contribution in [1.82, 2.24) is 0 Å². The number of Topliss-reactive ketones (excluding diaryl/α,β-unsaturated/α-hetero) is 1. The summed E-state index contributed by atoms with van der Waals surface area (Å²) in [5.74, 6) is 1.75. The minimum atomic E-state index is -0.727. The molecule has 0 aromatic heterocycles. The van der Waals surface area contributed by atoms with E-state index in [1.165, 1.54) is 6.42 Å². The highest BCUT2D eigenvalue weighted by Gasteiger charge is 2.57. The van der Waals surface area contributed by atoms with Gasteiger partial charge in [0.1, 0.15) is 5.78 Å². The fourth-order valence-electron chi connectivity index (χ4n) is 4.48. The van der Waals surface area contributed by atoms with Gasteiger partial charge in [0, 0.05) is 12.3 Å². The van der Waals surface area contributed by atoms with Gasteiger partial charge in [0.25, 0.3) is 0 Å². The number of allylic oxidation sites excluding steroid dienone is 2. The molecular formula is C18H28O3. The lowest BCUT2D eigenvalue weighted by Gasteiger charge is -2.62. The molecule has 0 spiro atoms. The lowest BCUT2D eigenvalue weighted by molar-refractivity contribution is -0.152. The molecule has 21 heavy (non-hydrogen) atoms. The van der Waals surface area contributed by atoms with E-state index < -0.39 is 5.97 Å². The van der Waals surface area contributed by atoms with E-state index in [9.17, 15) is 9.59 Å². The second kappa shape index (κ2) is 6.33. The highest BCUT2D eigenvalue weighted by molar-refractivity contribution is 5.79. The van der Waals surface area contributed by atoms with Gasteiger partial charge in [-0.3, -0.25) is 9.59 Å². The van der Waals surface area contributed by atoms with Crippen molar-refractivity contribution < 1.29 is 14.7 Å². The summed E-state index contributed by atoms with van der Waals surface area (Å²) >= 11 is 0. The van der Waals surface area contributed by atoms with Crippen molar-refractivity contribution in [2.45, 2.75) is 59.3 Å². The predicted molar refractivity (Wildman–Crippen MR) is 82.9 cm³/mol. The van der Waals surface area contributed by atoms with Gasteiger partial charge < -0.3 is 5.11 Å². The van der Waals surface area contributed by atoms with Gasteiger partial charge in [-0.25, -0.2) is 0 Å². The molecule has 0 aromatic carbocycles. The van der Waals surface area contributed by atoms with Crippen molar-refractivity contribution >= 4 is 11.8 Å². The first-order chi connectivity index (χ1) is 9.84. The molecular weight excluding hydrogens is 264 g/mol. The zero-order valence-electron chi connectivity index (χ0n) is 13.5. The summed E-state index contributed by atoms with van der Waals surface area (Å²) in [7, 11) is 0. The first kappa shape index (κ1) is 16.3. The summed E-state index contributed by atoms with van der Waals surface area (Å²) in [6, 6.07) is 0. The molecule has 1 N–H and O–H groups in total. The number of hydrogen-bond acceptors (Lipinski definition) is 2. The third kappa shape index (κ3) is 3.38. The van der Waals surface area contributed by atoms with Crippen LogP contribution in [0.1, 0.15) is 59.3 Å². The van der Waals surface area contributed by atoms with E-state index in [0.717, 1.165) is 25.2 Å². The van der Waals surface area contributed by atoms with Crippen LogP contribution >= 0.6 is 0 Å². The Hall–Kier alpha value is -1.12. The molecule has 0 aliphatic heterocycles. The fraction of sp³-hybridized carbons (Fsp3) is 0.778. The molecule has 2 unspecified atom stereocenters. The van der Waals surface area contributed by atoms with Crippen LogP contribution < -0.4 is 0 Å². The van der Waals surface area contributed by atoms with Crippen LogP contribution in [0.4, 0.5) is 0 Å². The molecule has 0 saturated heterocycles. The van der Waals surface area contributed by atoms with Gasteiger partial charge in [-0.15, -0.1) is 0 Å². The van der Waals surface area contributed by atoms with Crippen LogP contribution in [0, 0.1) is 29.1 Å². The molecule has 0 radical (unpaired) electrons. The van der Waals surface area contributed by atoms with E-state index in [1.54, 1.807) is 6.92 Å². The van der Waals surface area contributed by atoms with Gasteiger partial charge in [-0.05, 0) is 62.2 Å². The molecule has 3 aliphatic carbocycles. The number of carboxylic acids is 1. The number of carbonyl (C=O) groups is 2. The summed E-state index contributed by atoms with van der Waals surface area (Å²) in [5.41, 5.74) is 0.397. The van der Waals surface area contributed by atoms with E-state index in [4.69, 9.17) is 5.11 Å². The van der Waals surface area contributed by atoms with E-state index in [0.29, 0.717) is 29.5 Å². The van der Waals surface area contributed by atoms with Crippen molar-refractivity contribution in [2.24, 2.45) is 29.1 Å². The van der Waals surface area contributed by atoms with Crippen molar-refractivity contribution in [2.75, 3.05) is 0 Å². The van der Waals surface area contributed by atoms with Gasteiger partial charge in [-0.1, -0.05) is 26.0 Å². The zero-order valence-corrected chi connectivity index (χ0v) is 13.5. The Morgan fingerprint density at radius 1 is 1.24 bits per heavy atom. The molecule has 3 aliphatic rings. The summed E-state index contributed by atoms with van der Waals surface area (Å²) < 4.78 is 0. The maximum absolute atomic E-state index is 11.9. The predicted octanol–water partition coefficient (Wildman–Crippen LogP) is 4.08. The Morgan fingerprint density at radius 3 is 2.52 bits per heavy atom. The van der Waals surface area contributed by atoms with Crippen molar-refractivity contribution in [3.8, 4) is 0 Å². The molecule has 0 amide bonds. The molecule has 3 nitrogen and oxygen atoms in total. The van der Waals surface area contributed by atoms with E-state index in [-0.39, 0.29) is 12.3 Å². The van der Waals surface area contributed by atoms with Crippen LogP contribution in [-0.2, 0) is 9.59 Å². The number of carboxylic acid groups (broad SMARTS) is 1. The minimum Gasteiger partial charge on any atom is -0.481 e. The maximum Gasteiger partial charge on any atom is 0.303 e. The van der Waals surface area contributed by atoms with Gasteiger partial charge in [0.2, 0.25) is 0 Å². The van der Waals surface area contributed by atoms with Gasteiger partial charge >= 0.3 is 5.97 Å².